The zero-order valence-corrected chi connectivity index (χ0v) is 16.6. The molecule has 2 heterocycles. The zero-order chi connectivity index (χ0) is 20.4. The first-order valence-corrected chi connectivity index (χ1v) is 9.94. The van der Waals surface area contributed by atoms with Crippen molar-refractivity contribution in [3.8, 4) is 12.3 Å². The fourth-order valence-electron chi connectivity index (χ4n) is 3.38. The molecule has 0 bridgehead atoms. The summed E-state index contributed by atoms with van der Waals surface area (Å²) in [6.07, 6.45) is 17.3. The van der Waals surface area contributed by atoms with Crippen LogP contribution in [0.4, 0.5) is 11.5 Å². The van der Waals surface area contributed by atoms with Crippen LogP contribution in [0.1, 0.15) is 34.2 Å². The molecule has 1 radical (unpaired) electrons. The molecule has 31 heavy (non-hydrogen) atoms. The lowest BCUT2D eigenvalue weighted by Gasteiger charge is -2.30. The third-order valence-electron chi connectivity index (χ3n) is 4.86. The summed E-state index contributed by atoms with van der Waals surface area (Å²) in [5.41, 5.74) is 10.5. The van der Waals surface area contributed by atoms with E-state index in [0.29, 0.717) is 11.5 Å². The van der Waals surface area contributed by atoms with Gasteiger partial charge in [0, 0.05) is 24.6 Å². The van der Waals surface area contributed by atoms with Gasteiger partial charge in [0.25, 0.3) is 0 Å². The van der Waals surface area contributed by atoms with Crippen LogP contribution in [0.3, 0.4) is 0 Å². The molecule has 1 aromatic carbocycles. The van der Waals surface area contributed by atoms with Crippen molar-refractivity contribution in [3.63, 3.8) is 0 Å². The number of nitrogens with two attached hydrogens (primary N) is 1. The number of benzene rings is 1. The fraction of sp³-hybridized carbons (Fsp3) is 0.200. The van der Waals surface area contributed by atoms with Crippen LogP contribution in [0, 0.1) is 12.3 Å². The molecule has 4 rings (SSSR count). The van der Waals surface area contributed by atoms with Gasteiger partial charge in [0.15, 0.2) is 5.82 Å². The third kappa shape index (κ3) is 4.74. The van der Waals surface area contributed by atoms with Gasteiger partial charge in [0.2, 0.25) is 0 Å². The van der Waals surface area contributed by atoms with Crippen molar-refractivity contribution in [1.82, 2.24) is 9.97 Å². The van der Waals surface area contributed by atoms with Crippen molar-refractivity contribution >= 4 is 23.3 Å². The summed E-state index contributed by atoms with van der Waals surface area (Å²) in [5.74, 6) is 3.15. The monoisotopic (exact) mass is 433 g/mol. The molecular formula is C25H29N4OS. The highest BCUT2D eigenvalue weighted by molar-refractivity contribution is 7.99. The first kappa shape index (κ1) is 24.0. The SMILES string of the molecule is C.C.C#C/C(N)=C/C=C(\C=C)C(C1=CC1)c1ccc2c(c1)N(CO)c1nccnc1S2.[H]. The average Bonchev–Trinajstić information content (AvgIpc) is 3.59. The van der Waals surface area contributed by atoms with E-state index in [9.17, 15) is 5.11 Å². The van der Waals surface area contributed by atoms with Gasteiger partial charge in [-0.3, -0.25) is 4.90 Å². The number of aliphatic hydroxyl groups excluding tert-OH is 1. The normalized spacial score (nSPS) is 15.2. The minimum Gasteiger partial charge on any atom is -0.392 e. The summed E-state index contributed by atoms with van der Waals surface area (Å²) in [4.78, 5) is 11.6. The van der Waals surface area contributed by atoms with Crippen molar-refractivity contribution < 1.29 is 6.53 Å². The molecule has 1 atom stereocenters. The molecule has 0 spiro atoms. The van der Waals surface area contributed by atoms with Crippen molar-refractivity contribution in [2.45, 2.75) is 37.1 Å². The van der Waals surface area contributed by atoms with Crippen LogP contribution in [0.2, 0.25) is 0 Å². The largest absolute Gasteiger partial charge is 0.392 e. The van der Waals surface area contributed by atoms with Gasteiger partial charge in [-0.25, -0.2) is 9.97 Å². The van der Waals surface area contributed by atoms with E-state index >= 15 is 0 Å². The van der Waals surface area contributed by atoms with E-state index in [4.69, 9.17) is 12.2 Å². The Morgan fingerprint density at radius 2 is 2.10 bits per heavy atom. The zero-order valence-electron chi connectivity index (χ0n) is 16.7. The van der Waals surface area contributed by atoms with Crippen molar-refractivity contribution in [1.29, 1.82) is 0 Å². The Morgan fingerprint density at radius 3 is 2.74 bits per heavy atom. The number of hydrogen-bond donors (Lipinski definition) is 2. The van der Waals surface area contributed by atoms with E-state index in [2.05, 4.69) is 46.7 Å². The molecule has 6 heteroatoms. The Balaban J connectivity index is 0.00000171. The summed E-state index contributed by atoms with van der Waals surface area (Å²) >= 11 is 1.55. The van der Waals surface area contributed by atoms with Gasteiger partial charge < -0.3 is 10.8 Å². The van der Waals surface area contributed by atoms with Crippen LogP contribution in [-0.2, 0) is 0 Å². The lowest BCUT2D eigenvalue weighted by atomic mass is 9.87. The number of anilines is 2. The first-order chi connectivity index (χ1) is 14.2. The van der Waals surface area contributed by atoms with Crippen LogP contribution in [0.5, 0.6) is 0 Å². The lowest BCUT2D eigenvalue weighted by Crippen LogP contribution is -2.23. The molecule has 0 saturated carbocycles. The van der Waals surface area contributed by atoms with E-state index in [-0.39, 0.29) is 28.9 Å². The van der Waals surface area contributed by atoms with Gasteiger partial charge in [0.1, 0.15) is 11.8 Å². The van der Waals surface area contributed by atoms with Crippen molar-refractivity contribution in [2.24, 2.45) is 5.73 Å². The van der Waals surface area contributed by atoms with E-state index in [1.807, 2.05) is 12.2 Å². The minimum atomic E-state index is -0.179. The molecule has 1 aromatic heterocycles. The van der Waals surface area contributed by atoms with E-state index in [1.165, 1.54) is 5.57 Å². The summed E-state index contributed by atoms with van der Waals surface area (Å²) < 4.78 is 0. The highest BCUT2D eigenvalue weighted by atomic mass is 32.2. The Kier molecular flexibility index (Phi) is 7.87. The Morgan fingerprint density at radius 1 is 1.35 bits per heavy atom. The van der Waals surface area contributed by atoms with Crippen LogP contribution in [0.15, 0.2) is 88.2 Å². The van der Waals surface area contributed by atoms with Gasteiger partial charge in [0.05, 0.1) is 11.4 Å². The number of aliphatic hydroxyl groups is 1. The number of nitrogens with zero attached hydrogens (tertiary/aromatic N) is 3. The van der Waals surface area contributed by atoms with Gasteiger partial charge >= 0.3 is 0 Å². The molecule has 2 aromatic rings. The predicted octanol–water partition coefficient (Wildman–Crippen LogP) is 5.42. The molecule has 2 aliphatic rings. The smallest absolute Gasteiger partial charge is 0.168 e. The molecule has 1 aliphatic heterocycles. The second-order valence-electron chi connectivity index (χ2n) is 6.64. The first-order valence-electron chi connectivity index (χ1n) is 9.12. The topological polar surface area (TPSA) is 75.3 Å². The summed E-state index contributed by atoms with van der Waals surface area (Å²) in [6, 6.07) is 6.28. The number of hydrogen-bond acceptors (Lipinski definition) is 6. The second kappa shape index (κ2) is 10.2. The Bertz CT molecular complexity index is 1120. The summed E-state index contributed by atoms with van der Waals surface area (Å²) in [5, 5.41) is 10.8. The molecule has 5 nitrogen and oxygen atoms in total. The van der Waals surface area contributed by atoms with Crippen LogP contribution in [-0.4, -0.2) is 21.8 Å². The maximum atomic E-state index is 10.0. The van der Waals surface area contributed by atoms with E-state index < -0.39 is 0 Å². The second-order valence-corrected chi connectivity index (χ2v) is 7.67. The molecule has 0 saturated heterocycles. The number of rotatable bonds is 6. The quantitative estimate of drug-likeness (QED) is 0.360. The molecule has 1 aliphatic carbocycles. The Hall–Kier alpha value is -3.27. The van der Waals surface area contributed by atoms with Gasteiger partial charge in [-0.15, -0.1) is 6.42 Å². The van der Waals surface area contributed by atoms with Crippen LogP contribution in [0.25, 0.3) is 0 Å². The van der Waals surface area contributed by atoms with Crippen LogP contribution >= 0.6 is 11.8 Å². The standard InChI is InChI=1S/C23H20N4OS.2CH4.H/c1-3-15(7-9-18(24)4-2)21(16-5-6-16)17-8-10-20-19(13-17)27(14-28)22-23(29-20)26-12-11-25-22;;;/h2-3,5,7-13,21,28H,1,6,14,24H2;2*1H4;/b15-7+,18-9-;;;. The number of allylic oxidation sites excluding steroid dienone is 7. The van der Waals surface area contributed by atoms with Crippen LogP contribution < -0.4 is 10.6 Å². The highest BCUT2D eigenvalue weighted by Crippen LogP contribution is 2.49. The molecular weight excluding hydrogens is 404 g/mol. The fourth-order valence-corrected chi connectivity index (χ4v) is 4.36. The van der Waals surface area contributed by atoms with Gasteiger partial charge in [-0.05, 0) is 35.8 Å². The molecule has 161 valence electrons. The average molecular weight is 434 g/mol. The number of fused-ring (bicyclic) bond motifs is 2. The third-order valence-corrected chi connectivity index (χ3v) is 5.91. The molecule has 1 unspecified atom stereocenters. The Labute approximate surface area is 190 Å². The minimum absolute atomic E-state index is 0. The predicted molar refractivity (Wildman–Crippen MR) is 131 cm³/mol. The van der Waals surface area contributed by atoms with Crippen molar-refractivity contribution in [3.05, 3.63) is 83.9 Å². The highest BCUT2D eigenvalue weighted by Gasteiger charge is 2.29. The summed E-state index contributed by atoms with van der Waals surface area (Å²) in [6.45, 7) is 3.80. The maximum absolute atomic E-state index is 10.0. The van der Waals surface area contributed by atoms with Crippen molar-refractivity contribution in [2.75, 3.05) is 11.6 Å². The molecule has 0 fully saturated rings. The molecule has 0 amide bonds. The maximum Gasteiger partial charge on any atom is 0.168 e. The summed E-state index contributed by atoms with van der Waals surface area (Å²) in [7, 11) is 0. The van der Waals surface area contributed by atoms with E-state index in [1.54, 1.807) is 35.1 Å². The lowest BCUT2D eigenvalue weighted by molar-refractivity contribution is 0.302. The number of terminal acetylenes is 1. The van der Waals surface area contributed by atoms with Gasteiger partial charge in [-0.2, -0.15) is 0 Å². The molecule has 3 N–H and O–H groups in total. The number of aromatic nitrogens is 2. The van der Waals surface area contributed by atoms with Gasteiger partial charge in [-0.1, -0.05) is 69.0 Å². The van der Waals surface area contributed by atoms with E-state index in [0.717, 1.165) is 33.2 Å².